The summed E-state index contributed by atoms with van der Waals surface area (Å²) >= 11 is 11.9. The number of hydrogen-bond donors (Lipinski definition) is 1. The highest BCUT2D eigenvalue weighted by molar-refractivity contribution is 6.33. The van der Waals surface area contributed by atoms with Crippen LogP contribution in [-0.4, -0.2) is 25.9 Å². The van der Waals surface area contributed by atoms with Crippen LogP contribution >= 0.6 is 23.2 Å². The Morgan fingerprint density at radius 3 is 2.72 bits per heavy atom. The Labute approximate surface area is 117 Å². The lowest BCUT2D eigenvalue weighted by molar-refractivity contribution is 0.0334. The molecule has 0 spiro atoms. The molecule has 0 bridgehead atoms. The highest BCUT2D eigenvalue weighted by Gasteiger charge is 2.30. The molecule has 2 nitrogen and oxygen atoms in total. The largest absolute Gasteiger partial charge is 0.381 e. The van der Waals surface area contributed by atoms with Crippen molar-refractivity contribution in [3.8, 4) is 0 Å². The highest BCUT2D eigenvalue weighted by Crippen LogP contribution is 2.29. The van der Waals surface area contributed by atoms with Gasteiger partial charge in [-0.15, -0.1) is 0 Å². The molecule has 0 heterocycles. The third-order valence-electron chi connectivity index (χ3n) is 2.75. The van der Waals surface area contributed by atoms with Crippen LogP contribution in [0.2, 0.25) is 10.0 Å². The molecule has 18 heavy (non-hydrogen) atoms. The van der Waals surface area contributed by atoms with Crippen molar-refractivity contribution in [2.24, 2.45) is 5.73 Å². The van der Waals surface area contributed by atoms with Gasteiger partial charge in [-0.1, -0.05) is 23.2 Å². The van der Waals surface area contributed by atoms with Crippen LogP contribution in [0, 0.1) is 0 Å². The van der Waals surface area contributed by atoms with Crippen molar-refractivity contribution in [2.75, 3.05) is 20.3 Å². The highest BCUT2D eigenvalue weighted by atomic mass is 35.5. The van der Waals surface area contributed by atoms with Gasteiger partial charge >= 0.3 is 0 Å². The van der Waals surface area contributed by atoms with Crippen LogP contribution in [0.25, 0.3) is 0 Å². The average molecular weight is 294 g/mol. The first-order valence-corrected chi connectivity index (χ1v) is 6.58. The van der Waals surface area contributed by atoms with Gasteiger partial charge in [0, 0.05) is 23.6 Å². The molecule has 1 rings (SSSR count). The summed E-state index contributed by atoms with van der Waals surface area (Å²) in [6.07, 6.45) is 1.14. The van der Waals surface area contributed by atoms with Gasteiger partial charge in [-0.05, 0) is 43.1 Å². The van der Waals surface area contributed by atoms with E-state index in [1.54, 1.807) is 18.2 Å². The number of ether oxygens (including phenoxy) is 1. The van der Waals surface area contributed by atoms with Crippen LogP contribution in [0.3, 0.4) is 0 Å². The van der Waals surface area contributed by atoms with Gasteiger partial charge in [0.15, 0.2) is 0 Å². The SMILES string of the molecule is COCC(F)(CCCN)Cc1cc(Cl)ccc1Cl. The van der Waals surface area contributed by atoms with Gasteiger partial charge in [0.2, 0.25) is 0 Å². The summed E-state index contributed by atoms with van der Waals surface area (Å²) in [5, 5.41) is 1.07. The van der Waals surface area contributed by atoms with Crippen molar-refractivity contribution in [1.29, 1.82) is 0 Å². The molecule has 0 aliphatic rings. The first-order chi connectivity index (χ1) is 8.50. The molecule has 1 atom stereocenters. The van der Waals surface area contributed by atoms with E-state index < -0.39 is 5.67 Å². The van der Waals surface area contributed by atoms with E-state index in [9.17, 15) is 4.39 Å². The van der Waals surface area contributed by atoms with Crippen LogP contribution in [-0.2, 0) is 11.2 Å². The van der Waals surface area contributed by atoms with Crippen LogP contribution in [0.1, 0.15) is 18.4 Å². The Morgan fingerprint density at radius 2 is 2.11 bits per heavy atom. The van der Waals surface area contributed by atoms with Gasteiger partial charge in [0.25, 0.3) is 0 Å². The molecule has 2 N–H and O–H groups in total. The fourth-order valence-electron chi connectivity index (χ4n) is 1.91. The summed E-state index contributed by atoms with van der Waals surface area (Å²) in [6, 6.07) is 5.05. The number of alkyl halides is 1. The fraction of sp³-hybridized carbons (Fsp3) is 0.538. The topological polar surface area (TPSA) is 35.2 Å². The molecular formula is C13H18Cl2FNO. The maximum atomic E-state index is 14.7. The van der Waals surface area contributed by atoms with Crippen LogP contribution in [0.15, 0.2) is 18.2 Å². The standard InChI is InChI=1S/C13H18Cl2FNO/c1-18-9-13(16,5-2-6-17)8-10-7-11(14)3-4-12(10)15/h3-4,7H,2,5-6,8-9,17H2,1H3. The second kappa shape index (κ2) is 7.29. The molecule has 1 unspecified atom stereocenters. The smallest absolute Gasteiger partial charge is 0.138 e. The summed E-state index contributed by atoms with van der Waals surface area (Å²) in [4.78, 5) is 0. The van der Waals surface area contributed by atoms with Gasteiger partial charge < -0.3 is 10.5 Å². The van der Waals surface area contributed by atoms with E-state index in [0.29, 0.717) is 35.0 Å². The first kappa shape index (κ1) is 15.7. The zero-order valence-corrected chi connectivity index (χ0v) is 11.9. The predicted octanol–water partition coefficient (Wildman–Crippen LogP) is 3.63. The number of halogens is 3. The summed E-state index contributed by atoms with van der Waals surface area (Å²) < 4.78 is 19.6. The van der Waals surface area contributed by atoms with Crippen LogP contribution < -0.4 is 5.73 Å². The average Bonchev–Trinajstić information content (AvgIpc) is 2.32. The van der Waals surface area contributed by atoms with Gasteiger partial charge in [-0.3, -0.25) is 0 Å². The number of methoxy groups -OCH3 is 1. The third-order valence-corrected chi connectivity index (χ3v) is 3.35. The van der Waals surface area contributed by atoms with Crippen molar-refractivity contribution in [1.82, 2.24) is 0 Å². The zero-order valence-electron chi connectivity index (χ0n) is 10.4. The quantitative estimate of drug-likeness (QED) is 0.833. The van der Waals surface area contributed by atoms with Crippen LogP contribution in [0.4, 0.5) is 4.39 Å². The maximum absolute atomic E-state index is 14.7. The Hall–Kier alpha value is -0.350. The van der Waals surface area contributed by atoms with E-state index in [0.717, 1.165) is 0 Å². The molecule has 0 saturated carbocycles. The second-order valence-electron chi connectivity index (χ2n) is 4.39. The molecule has 0 amide bonds. The summed E-state index contributed by atoms with van der Waals surface area (Å²) in [6.45, 7) is 0.481. The van der Waals surface area contributed by atoms with E-state index in [1.807, 2.05) is 0 Å². The molecule has 0 fully saturated rings. The van der Waals surface area contributed by atoms with E-state index >= 15 is 0 Å². The van der Waals surface area contributed by atoms with Crippen molar-refractivity contribution in [3.63, 3.8) is 0 Å². The predicted molar refractivity (Wildman–Crippen MR) is 74.2 cm³/mol. The molecule has 0 saturated heterocycles. The minimum atomic E-state index is -1.46. The van der Waals surface area contributed by atoms with Gasteiger partial charge in [0.05, 0.1) is 6.61 Å². The van der Waals surface area contributed by atoms with Gasteiger partial charge in [-0.25, -0.2) is 4.39 Å². The molecule has 0 radical (unpaired) electrons. The lowest BCUT2D eigenvalue weighted by Gasteiger charge is -2.25. The minimum absolute atomic E-state index is 0.0237. The van der Waals surface area contributed by atoms with Crippen molar-refractivity contribution >= 4 is 23.2 Å². The Kier molecular flexibility index (Phi) is 6.36. The van der Waals surface area contributed by atoms with Gasteiger partial charge in [0.1, 0.15) is 5.67 Å². The summed E-state index contributed by atoms with van der Waals surface area (Å²) in [5.74, 6) is 0. The minimum Gasteiger partial charge on any atom is -0.381 e. The third kappa shape index (κ3) is 4.73. The molecule has 1 aromatic carbocycles. The fourth-order valence-corrected chi connectivity index (χ4v) is 2.29. The normalized spacial score (nSPS) is 14.5. The van der Waals surface area contributed by atoms with Crippen molar-refractivity contribution in [3.05, 3.63) is 33.8 Å². The van der Waals surface area contributed by atoms with E-state index in [4.69, 9.17) is 33.7 Å². The van der Waals surface area contributed by atoms with Crippen molar-refractivity contribution in [2.45, 2.75) is 24.9 Å². The number of nitrogens with two attached hydrogens (primary N) is 1. The lowest BCUT2D eigenvalue weighted by atomic mass is 9.92. The number of rotatable bonds is 7. The molecule has 0 aromatic heterocycles. The molecule has 1 aromatic rings. The Balaban J connectivity index is 2.84. The van der Waals surface area contributed by atoms with Crippen LogP contribution in [0.5, 0.6) is 0 Å². The number of benzene rings is 1. The van der Waals surface area contributed by atoms with Crippen molar-refractivity contribution < 1.29 is 9.13 Å². The summed E-state index contributed by atoms with van der Waals surface area (Å²) in [5.41, 5.74) is 4.66. The van der Waals surface area contributed by atoms with Gasteiger partial charge in [-0.2, -0.15) is 0 Å². The molecule has 102 valence electrons. The zero-order chi connectivity index (χ0) is 13.6. The Bertz CT molecular complexity index is 389. The number of hydrogen-bond acceptors (Lipinski definition) is 2. The molecule has 0 aliphatic heterocycles. The second-order valence-corrected chi connectivity index (χ2v) is 5.23. The molecular weight excluding hydrogens is 276 g/mol. The van der Waals surface area contributed by atoms with E-state index in [2.05, 4.69) is 0 Å². The van der Waals surface area contributed by atoms with E-state index in [-0.39, 0.29) is 13.0 Å². The molecule has 0 aliphatic carbocycles. The monoisotopic (exact) mass is 293 g/mol. The summed E-state index contributed by atoms with van der Waals surface area (Å²) in [7, 11) is 1.48. The Morgan fingerprint density at radius 1 is 1.39 bits per heavy atom. The van der Waals surface area contributed by atoms with E-state index in [1.165, 1.54) is 7.11 Å². The lowest BCUT2D eigenvalue weighted by Crippen LogP contribution is -2.32. The molecule has 5 heteroatoms. The maximum Gasteiger partial charge on any atom is 0.138 e. The first-order valence-electron chi connectivity index (χ1n) is 5.82.